The van der Waals surface area contributed by atoms with Crippen LogP contribution in [0.25, 0.3) is 4.85 Å². The van der Waals surface area contributed by atoms with Crippen molar-refractivity contribution in [3.05, 3.63) is 45.2 Å². The molecule has 0 N–H and O–H groups in total. The largest absolute Gasteiger partial charge is 0.312 e. The number of nitrogens with zero attached hydrogens (tertiary/aromatic N) is 1. The van der Waals surface area contributed by atoms with E-state index in [0.717, 1.165) is 12.1 Å². The van der Waals surface area contributed by atoms with E-state index in [0.29, 0.717) is 10.0 Å². The molecule has 1 nitrogen and oxygen atoms in total. The number of hydrogen-bond donors (Lipinski definition) is 0. The molecule has 0 spiro atoms. The van der Waals surface area contributed by atoms with E-state index in [-0.39, 0.29) is 6.54 Å². The van der Waals surface area contributed by atoms with Crippen LogP contribution in [0.1, 0.15) is 5.56 Å². The van der Waals surface area contributed by atoms with Gasteiger partial charge in [-0.1, -0.05) is 15.9 Å². The zero-order valence-electron chi connectivity index (χ0n) is 5.94. The van der Waals surface area contributed by atoms with E-state index in [1.165, 1.54) is 0 Å². The van der Waals surface area contributed by atoms with Gasteiger partial charge in [0.1, 0.15) is 0 Å². The molecule has 0 unspecified atom stereocenters. The predicted molar refractivity (Wildman–Crippen MR) is 44.4 cm³/mol. The number of hydrogen-bond acceptors (Lipinski definition) is 0. The molecule has 62 valence electrons. The van der Waals surface area contributed by atoms with Crippen molar-refractivity contribution in [3.63, 3.8) is 0 Å². The van der Waals surface area contributed by atoms with Crippen molar-refractivity contribution in [1.29, 1.82) is 0 Å². The van der Waals surface area contributed by atoms with E-state index in [2.05, 4.69) is 20.8 Å². The smallest absolute Gasteiger partial charge is 0.240 e. The van der Waals surface area contributed by atoms with Crippen LogP contribution in [0.5, 0.6) is 0 Å². The summed E-state index contributed by atoms with van der Waals surface area (Å²) in [5.74, 6) is -1.83. The number of benzene rings is 1. The Hall–Kier alpha value is -0.950. The van der Waals surface area contributed by atoms with Gasteiger partial charge in [0, 0.05) is 10.0 Å². The van der Waals surface area contributed by atoms with Crippen molar-refractivity contribution in [1.82, 2.24) is 0 Å². The summed E-state index contributed by atoms with van der Waals surface area (Å²) in [4.78, 5) is 3.07. The summed E-state index contributed by atoms with van der Waals surface area (Å²) in [6, 6.07) is 2.05. The Morgan fingerprint density at radius 2 is 1.92 bits per heavy atom. The van der Waals surface area contributed by atoms with Crippen LogP contribution in [0.2, 0.25) is 0 Å². The van der Waals surface area contributed by atoms with E-state index < -0.39 is 11.6 Å². The van der Waals surface area contributed by atoms with Crippen LogP contribution in [0.3, 0.4) is 0 Å². The van der Waals surface area contributed by atoms with Crippen molar-refractivity contribution in [2.24, 2.45) is 0 Å². The van der Waals surface area contributed by atoms with Crippen molar-refractivity contribution >= 4 is 15.9 Å². The van der Waals surface area contributed by atoms with Gasteiger partial charge in [-0.15, -0.1) is 0 Å². The summed E-state index contributed by atoms with van der Waals surface area (Å²) in [5.41, 5.74) is 0.462. The standard InChI is InChI=1S/C8H4BrF2N/c1-12-4-5-2-7(10)8(11)3-6(5)9/h2-3H,4H2. The first kappa shape index (κ1) is 9.14. The van der Waals surface area contributed by atoms with Crippen LogP contribution >= 0.6 is 15.9 Å². The van der Waals surface area contributed by atoms with Gasteiger partial charge < -0.3 is 4.85 Å². The van der Waals surface area contributed by atoms with Gasteiger partial charge >= 0.3 is 0 Å². The van der Waals surface area contributed by atoms with E-state index in [4.69, 9.17) is 6.57 Å². The number of rotatable bonds is 1. The minimum atomic E-state index is -0.920. The van der Waals surface area contributed by atoms with Crippen LogP contribution in [-0.4, -0.2) is 0 Å². The van der Waals surface area contributed by atoms with Crippen LogP contribution in [0.15, 0.2) is 16.6 Å². The van der Waals surface area contributed by atoms with Crippen LogP contribution in [0.4, 0.5) is 8.78 Å². The third-order valence-corrected chi connectivity index (χ3v) is 2.08. The molecule has 0 radical (unpaired) electrons. The molecule has 12 heavy (non-hydrogen) atoms. The molecule has 0 fully saturated rings. The summed E-state index contributed by atoms with van der Waals surface area (Å²) in [5, 5.41) is 0. The molecule has 0 aliphatic heterocycles. The fourth-order valence-electron chi connectivity index (χ4n) is 0.770. The van der Waals surface area contributed by atoms with Gasteiger partial charge in [-0.25, -0.2) is 15.4 Å². The zero-order valence-corrected chi connectivity index (χ0v) is 7.53. The second-order valence-corrected chi connectivity index (χ2v) is 3.03. The van der Waals surface area contributed by atoms with Gasteiger partial charge in [-0.2, -0.15) is 0 Å². The molecule has 0 aromatic heterocycles. The summed E-state index contributed by atoms with van der Waals surface area (Å²) < 4.78 is 25.5. The molecule has 0 saturated heterocycles. The summed E-state index contributed by atoms with van der Waals surface area (Å²) in [6.45, 7) is 6.60. The molecule has 0 saturated carbocycles. The summed E-state index contributed by atoms with van der Waals surface area (Å²) in [7, 11) is 0. The van der Waals surface area contributed by atoms with Gasteiger partial charge in [0.05, 0.1) is 0 Å². The van der Waals surface area contributed by atoms with Gasteiger partial charge in [-0.05, 0) is 12.1 Å². The quantitative estimate of drug-likeness (QED) is 0.517. The minimum Gasteiger partial charge on any atom is -0.312 e. The fraction of sp³-hybridized carbons (Fsp3) is 0.125. The van der Waals surface area contributed by atoms with Crippen molar-refractivity contribution < 1.29 is 8.78 Å². The van der Waals surface area contributed by atoms with Gasteiger partial charge in [-0.3, -0.25) is 0 Å². The van der Waals surface area contributed by atoms with E-state index in [1.54, 1.807) is 0 Å². The average Bonchev–Trinajstić information content (AvgIpc) is 2.01. The normalized spacial score (nSPS) is 9.50. The highest BCUT2D eigenvalue weighted by atomic mass is 79.9. The SMILES string of the molecule is [C-]#[N+]Cc1cc(F)c(F)cc1Br. The molecule has 0 aliphatic carbocycles. The molecule has 1 rings (SSSR count). The molecular weight excluding hydrogens is 228 g/mol. The van der Waals surface area contributed by atoms with Crippen LogP contribution < -0.4 is 0 Å². The second-order valence-electron chi connectivity index (χ2n) is 2.17. The molecule has 0 atom stereocenters. The Morgan fingerprint density at radius 1 is 1.33 bits per heavy atom. The molecule has 0 bridgehead atoms. The molecule has 0 aliphatic rings. The second kappa shape index (κ2) is 3.63. The Morgan fingerprint density at radius 3 is 2.50 bits per heavy atom. The Labute approximate surface area is 77.0 Å². The first-order valence-electron chi connectivity index (χ1n) is 3.12. The van der Waals surface area contributed by atoms with Crippen molar-refractivity contribution in [3.8, 4) is 0 Å². The maximum Gasteiger partial charge on any atom is 0.240 e. The van der Waals surface area contributed by atoms with Crippen molar-refractivity contribution in [2.75, 3.05) is 0 Å². The molecule has 1 aromatic carbocycles. The van der Waals surface area contributed by atoms with E-state index in [9.17, 15) is 8.78 Å². The highest BCUT2D eigenvalue weighted by molar-refractivity contribution is 9.10. The van der Waals surface area contributed by atoms with Gasteiger partial charge in [0.2, 0.25) is 6.54 Å². The van der Waals surface area contributed by atoms with Gasteiger partial charge in [0.25, 0.3) is 0 Å². The van der Waals surface area contributed by atoms with E-state index >= 15 is 0 Å². The lowest BCUT2D eigenvalue weighted by Crippen LogP contribution is -1.89. The molecule has 4 heteroatoms. The molecule has 0 heterocycles. The highest BCUT2D eigenvalue weighted by Crippen LogP contribution is 2.21. The third kappa shape index (κ3) is 1.80. The predicted octanol–water partition coefficient (Wildman–Crippen LogP) is 3.15. The maximum absolute atomic E-state index is 12.6. The summed E-state index contributed by atoms with van der Waals surface area (Å²) >= 11 is 3.03. The minimum absolute atomic E-state index is 0.0534. The summed E-state index contributed by atoms with van der Waals surface area (Å²) in [6.07, 6.45) is 0. The Kier molecular flexibility index (Phi) is 2.77. The topological polar surface area (TPSA) is 4.36 Å². The molecular formula is C8H4BrF2N. The third-order valence-electron chi connectivity index (χ3n) is 1.34. The Bertz CT molecular complexity index is 344. The number of halogens is 3. The van der Waals surface area contributed by atoms with Crippen LogP contribution in [0, 0.1) is 18.2 Å². The lowest BCUT2D eigenvalue weighted by molar-refractivity contribution is 0.506. The van der Waals surface area contributed by atoms with Crippen LogP contribution in [-0.2, 0) is 6.54 Å². The van der Waals surface area contributed by atoms with E-state index in [1.807, 2.05) is 0 Å². The maximum atomic E-state index is 12.6. The van der Waals surface area contributed by atoms with Gasteiger partial charge in [0.15, 0.2) is 11.6 Å². The zero-order chi connectivity index (χ0) is 9.14. The average molecular weight is 232 g/mol. The molecule has 1 aromatic rings. The Balaban J connectivity index is 3.16. The first-order valence-corrected chi connectivity index (χ1v) is 3.91. The molecule has 0 amide bonds. The monoisotopic (exact) mass is 231 g/mol. The highest BCUT2D eigenvalue weighted by Gasteiger charge is 2.08. The first-order chi connectivity index (χ1) is 5.65. The van der Waals surface area contributed by atoms with Crippen molar-refractivity contribution in [2.45, 2.75) is 6.54 Å². The lowest BCUT2D eigenvalue weighted by Gasteiger charge is -1.98. The lowest BCUT2D eigenvalue weighted by atomic mass is 10.2. The fourth-order valence-corrected chi connectivity index (χ4v) is 1.21.